The Labute approximate surface area is 228 Å². The Kier molecular flexibility index (Phi) is 6.77. The number of nitrogens with zero attached hydrogens (tertiary/aromatic N) is 1. The number of carbonyl (C=O) groups is 2. The van der Waals surface area contributed by atoms with Gasteiger partial charge < -0.3 is 23.8 Å². The molecule has 2 aliphatic carbocycles. The molecule has 3 aliphatic rings. The number of ether oxygens (including phenoxy) is 4. The molecule has 0 spiro atoms. The Bertz CT molecular complexity index is 1360. The maximum atomic E-state index is 13.5. The van der Waals surface area contributed by atoms with Crippen molar-refractivity contribution in [2.75, 3.05) is 20.8 Å². The summed E-state index contributed by atoms with van der Waals surface area (Å²) in [6.45, 7) is 0.883. The third-order valence-electron chi connectivity index (χ3n) is 8.74. The van der Waals surface area contributed by atoms with Crippen LogP contribution in [0.1, 0.15) is 36.0 Å². The highest BCUT2D eigenvalue weighted by molar-refractivity contribution is 5.87. The monoisotopic (exact) mass is 527 g/mol. The van der Waals surface area contributed by atoms with E-state index in [2.05, 4.69) is 6.07 Å². The molecular weight excluding hydrogens is 494 g/mol. The molecule has 7 heteroatoms. The summed E-state index contributed by atoms with van der Waals surface area (Å²) in [6, 6.07) is 23.0. The van der Waals surface area contributed by atoms with Gasteiger partial charge in [-0.3, -0.25) is 4.79 Å². The number of likely N-dealkylation sites (tertiary alicyclic amines) is 1. The third kappa shape index (κ3) is 4.44. The second kappa shape index (κ2) is 10.4. The van der Waals surface area contributed by atoms with Crippen molar-refractivity contribution in [3.05, 3.63) is 89.5 Å². The number of methoxy groups -OCH3 is 2. The molecule has 2 unspecified atom stereocenters. The molecule has 4 atom stereocenters. The molecule has 6 rings (SSSR count). The van der Waals surface area contributed by atoms with E-state index in [-0.39, 0.29) is 23.8 Å². The first-order chi connectivity index (χ1) is 19.0. The summed E-state index contributed by atoms with van der Waals surface area (Å²) in [4.78, 5) is 28.7. The zero-order valence-corrected chi connectivity index (χ0v) is 22.3. The normalized spacial score (nSPS) is 25.3. The largest absolute Gasteiger partial charge is 0.493 e. The van der Waals surface area contributed by atoms with Crippen LogP contribution in [-0.4, -0.2) is 49.7 Å². The molecule has 1 amide bonds. The standard InChI is InChI=1S/C32H33NO6/c1-36-27-14-13-22-17-25-24-18-28(37-2)26(34)19-32(24,29(22)30(27)38-20-21-9-5-3-6-10-21)15-16-33(25)31(35)39-23-11-7-4-8-12-23/h3-14,24-25,28H,15-20H2,1-2H3/t24-,25?,28?,32-/m1/s1. The van der Waals surface area contributed by atoms with Gasteiger partial charge in [0.1, 0.15) is 18.5 Å². The smallest absolute Gasteiger partial charge is 0.415 e. The Hall–Kier alpha value is -3.84. The quantitative estimate of drug-likeness (QED) is 0.431. The van der Waals surface area contributed by atoms with E-state index in [1.807, 2.05) is 59.5 Å². The number of carbonyl (C=O) groups excluding carboxylic acids is 2. The highest BCUT2D eigenvalue weighted by atomic mass is 16.6. The Balaban J connectivity index is 1.41. The summed E-state index contributed by atoms with van der Waals surface area (Å²) in [5.41, 5.74) is 2.71. The van der Waals surface area contributed by atoms with E-state index in [4.69, 9.17) is 18.9 Å². The molecule has 1 saturated heterocycles. The van der Waals surface area contributed by atoms with Crippen LogP contribution in [0.15, 0.2) is 72.8 Å². The summed E-state index contributed by atoms with van der Waals surface area (Å²) < 4.78 is 23.7. The van der Waals surface area contributed by atoms with Gasteiger partial charge in [-0.05, 0) is 54.5 Å². The lowest BCUT2D eigenvalue weighted by Crippen LogP contribution is -2.65. The Morgan fingerprint density at radius 2 is 1.74 bits per heavy atom. The first-order valence-corrected chi connectivity index (χ1v) is 13.5. The number of fused-ring (bicyclic) bond motifs is 1. The van der Waals surface area contributed by atoms with E-state index in [1.54, 1.807) is 26.4 Å². The predicted molar refractivity (Wildman–Crippen MR) is 145 cm³/mol. The summed E-state index contributed by atoms with van der Waals surface area (Å²) in [5.74, 6) is 1.98. The van der Waals surface area contributed by atoms with Gasteiger partial charge in [0.2, 0.25) is 0 Å². The maximum absolute atomic E-state index is 13.5. The van der Waals surface area contributed by atoms with Crippen molar-refractivity contribution in [1.82, 2.24) is 4.90 Å². The number of hydrogen-bond donors (Lipinski definition) is 0. The zero-order chi connectivity index (χ0) is 27.0. The molecule has 2 bridgehead atoms. The molecule has 3 aromatic carbocycles. The molecule has 1 aliphatic heterocycles. The van der Waals surface area contributed by atoms with Crippen LogP contribution in [0, 0.1) is 5.92 Å². The lowest BCUT2D eigenvalue weighted by Gasteiger charge is -2.59. The van der Waals surface area contributed by atoms with Gasteiger partial charge in [0.25, 0.3) is 0 Å². The summed E-state index contributed by atoms with van der Waals surface area (Å²) in [5, 5.41) is 0. The van der Waals surface area contributed by atoms with Gasteiger partial charge in [-0.2, -0.15) is 0 Å². The van der Waals surface area contributed by atoms with Gasteiger partial charge in [-0.15, -0.1) is 0 Å². The van der Waals surface area contributed by atoms with E-state index >= 15 is 0 Å². The fourth-order valence-corrected chi connectivity index (χ4v) is 6.98. The number of benzene rings is 3. The highest BCUT2D eigenvalue weighted by Gasteiger charge is 2.60. The molecule has 1 heterocycles. The lowest BCUT2D eigenvalue weighted by molar-refractivity contribution is -0.141. The van der Waals surface area contributed by atoms with Crippen molar-refractivity contribution >= 4 is 11.9 Å². The van der Waals surface area contributed by atoms with Crippen LogP contribution < -0.4 is 14.2 Å². The van der Waals surface area contributed by atoms with Gasteiger partial charge in [0.05, 0.1) is 7.11 Å². The fraction of sp³-hybridized carbons (Fsp3) is 0.375. The zero-order valence-electron chi connectivity index (χ0n) is 22.3. The van der Waals surface area contributed by atoms with Gasteiger partial charge in [-0.1, -0.05) is 54.6 Å². The van der Waals surface area contributed by atoms with Crippen molar-refractivity contribution < 1.29 is 28.5 Å². The first-order valence-electron chi connectivity index (χ1n) is 13.5. The van der Waals surface area contributed by atoms with Crippen molar-refractivity contribution in [3.63, 3.8) is 0 Å². The summed E-state index contributed by atoms with van der Waals surface area (Å²) >= 11 is 0. The molecule has 202 valence electrons. The van der Waals surface area contributed by atoms with Crippen LogP contribution in [0.4, 0.5) is 4.79 Å². The Morgan fingerprint density at radius 1 is 1.00 bits per heavy atom. The third-order valence-corrected chi connectivity index (χ3v) is 8.74. The van der Waals surface area contributed by atoms with Crippen molar-refractivity contribution in [3.8, 4) is 17.2 Å². The second-order valence-corrected chi connectivity index (χ2v) is 10.7. The van der Waals surface area contributed by atoms with Crippen LogP contribution in [0.2, 0.25) is 0 Å². The average molecular weight is 528 g/mol. The molecule has 0 N–H and O–H groups in total. The van der Waals surface area contributed by atoms with E-state index in [0.29, 0.717) is 56.1 Å². The number of rotatable bonds is 6. The number of Topliss-reactive ketones (excluding diaryl/α,β-unsaturated/α-hetero) is 1. The van der Waals surface area contributed by atoms with Gasteiger partial charge in [-0.25, -0.2) is 4.79 Å². The molecule has 0 aromatic heterocycles. The minimum Gasteiger partial charge on any atom is -0.493 e. The van der Waals surface area contributed by atoms with Gasteiger partial charge >= 0.3 is 6.09 Å². The summed E-state index contributed by atoms with van der Waals surface area (Å²) in [6.07, 6.45) is 1.31. The van der Waals surface area contributed by atoms with Crippen LogP contribution in [0.5, 0.6) is 17.2 Å². The summed E-state index contributed by atoms with van der Waals surface area (Å²) in [7, 11) is 3.24. The number of para-hydroxylation sites is 1. The van der Waals surface area contributed by atoms with Crippen LogP contribution in [-0.2, 0) is 28.0 Å². The van der Waals surface area contributed by atoms with Gasteiger partial charge in [0, 0.05) is 37.1 Å². The second-order valence-electron chi connectivity index (χ2n) is 10.7. The molecule has 3 aromatic rings. The number of piperidine rings is 1. The van der Waals surface area contributed by atoms with Crippen molar-refractivity contribution in [2.45, 2.75) is 49.9 Å². The fourth-order valence-electron chi connectivity index (χ4n) is 6.98. The number of hydrogen-bond acceptors (Lipinski definition) is 6. The molecule has 0 radical (unpaired) electrons. The lowest BCUT2D eigenvalue weighted by atomic mass is 9.51. The van der Waals surface area contributed by atoms with E-state index in [9.17, 15) is 9.59 Å². The molecule has 1 saturated carbocycles. The first kappa shape index (κ1) is 25.4. The van der Waals surface area contributed by atoms with E-state index in [1.165, 1.54) is 0 Å². The molecular formula is C32H33NO6. The molecule has 7 nitrogen and oxygen atoms in total. The SMILES string of the molecule is COc1ccc2c(c1OCc1ccccc1)[C@@]13CCN(C(=O)Oc4ccccc4)C(C2)[C@H]1CC(OC)C(=O)C3. The van der Waals surface area contributed by atoms with Crippen molar-refractivity contribution in [2.24, 2.45) is 5.92 Å². The maximum Gasteiger partial charge on any atom is 0.415 e. The minimum atomic E-state index is -0.489. The topological polar surface area (TPSA) is 74.3 Å². The predicted octanol–water partition coefficient (Wildman–Crippen LogP) is 5.34. The Morgan fingerprint density at radius 3 is 2.46 bits per heavy atom. The van der Waals surface area contributed by atoms with Crippen LogP contribution in [0.25, 0.3) is 0 Å². The van der Waals surface area contributed by atoms with Crippen molar-refractivity contribution in [1.29, 1.82) is 0 Å². The van der Waals surface area contributed by atoms with E-state index < -0.39 is 11.5 Å². The van der Waals surface area contributed by atoms with Crippen LogP contribution in [0.3, 0.4) is 0 Å². The van der Waals surface area contributed by atoms with Crippen LogP contribution >= 0.6 is 0 Å². The average Bonchev–Trinajstić information content (AvgIpc) is 2.96. The molecule has 39 heavy (non-hydrogen) atoms. The number of ketones is 1. The highest BCUT2D eigenvalue weighted by Crippen LogP contribution is 2.59. The number of amides is 1. The van der Waals surface area contributed by atoms with Gasteiger partial charge in [0.15, 0.2) is 17.3 Å². The molecule has 2 fully saturated rings. The minimum absolute atomic E-state index is 0.0101. The van der Waals surface area contributed by atoms with E-state index in [0.717, 1.165) is 16.7 Å².